The summed E-state index contributed by atoms with van der Waals surface area (Å²) in [7, 11) is -0.785. The molecule has 0 amide bonds. The average molecular weight is 405 g/mol. The van der Waals surface area contributed by atoms with Gasteiger partial charge in [0.1, 0.15) is 5.82 Å². The van der Waals surface area contributed by atoms with Crippen LogP contribution in [-0.2, 0) is 16.2 Å². The van der Waals surface area contributed by atoms with Crippen LogP contribution in [0.25, 0.3) is 0 Å². The highest BCUT2D eigenvalue weighted by molar-refractivity contribution is 7.89. The van der Waals surface area contributed by atoms with E-state index in [1.54, 1.807) is 31.1 Å². The number of nitrogens with two attached hydrogens (primary N) is 1. The second-order valence-corrected chi connectivity index (χ2v) is 7.72. The maximum Gasteiger partial charge on any atom is 0.418 e. The third-order valence-electron chi connectivity index (χ3n) is 3.99. The Hall–Kier alpha value is -2.17. The van der Waals surface area contributed by atoms with Crippen LogP contribution in [-0.4, -0.2) is 34.0 Å². The monoisotopic (exact) mass is 405 g/mol. The molecule has 5 nitrogen and oxygen atoms in total. The van der Waals surface area contributed by atoms with Crippen molar-refractivity contribution in [1.82, 2.24) is 4.90 Å². The van der Waals surface area contributed by atoms with E-state index < -0.39 is 32.5 Å². The van der Waals surface area contributed by atoms with Gasteiger partial charge in [-0.15, -0.1) is 0 Å². The first-order valence-electron chi connectivity index (χ1n) is 7.79. The highest BCUT2D eigenvalue weighted by Gasteiger charge is 2.35. The Balaban J connectivity index is 2.33. The third-order valence-corrected chi connectivity index (χ3v) is 4.90. The predicted molar refractivity (Wildman–Crippen MR) is 94.1 cm³/mol. The molecule has 0 aliphatic rings. The van der Waals surface area contributed by atoms with Crippen molar-refractivity contribution in [3.8, 4) is 0 Å². The molecule has 0 saturated heterocycles. The molecule has 0 aliphatic carbocycles. The molecule has 2 rings (SSSR count). The van der Waals surface area contributed by atoms with E-state index in [-0.39, 0.29) is 18.3 Å². The van der Waals surface area contributed by atoms with Gasteiger partial charge in [0.25, 0.3) is 0 Å². The number of nitrogens with one attached hydrogen (secondary N) is 1. The quantitative estimate of drug-likeness (QED) is 0.724. The lowest BCUT2D eigenvalue weighted by Crippen LogP contribution is -2.27. The van der Waals surface area contributed by atoms with Gasteiger partial charge in [-0.1, -0.05) is 12.1 Å². The first-order valence-corrected chi connectivity index (χ1v) is 9.34. The number of likely N-dealkylation sites (N-methyl/N-ethyl adjacent to an activating group) is 1. The molecular weight excluding hydrogens is 386 g/mol. The molecule has 0 radical (unpaired) electrons. The number of sulfonamides is 1. The van der Waals surface area contributed by atoms with E-state index in [1.807, 2.05) is 0 Å². The molecule has 1 atom stereocenters. The second kappa shape index (κ2) is 7.83. The van der Waals surface area contributed by atoms with Crippen molar-refractivity contribution < 1.29 is 26.0 Å². The highest BCUT2D eigenvalue weighted by atomic mass is 32.2. The lowest BCUT2D eigenvalue weighted by Gasteiger charge is -2.26. The van der Waals surface area contributed by atoms with Crippen molar-refractivity contribution in [3.63, 3.8) is 0 Å². The Morgan fingerprint density at radius 1 is 1.11 bits per heavy atom. The van der Waals surface area contributed by atoms with E-state index in [9.17, 15) is 26.0 Å². The maximum absolute atomic E-state index is 13.3. The molecule has 0 heterocycles. The number of hydrogen-bond donors (Lipinski definition) is 2. The topological polar surface area (TPSA) is 75.4 Å². The van der Waals surface area contributed by atoms with Crippen molar-refractivity contribution in [3.05, 3.63) is 59.4 Å². The molecule has 2 aromatic rings. The van der Waals surface area contributed by atoms with Crippen LogP contribution in [0.4, 0.5) is 23.2 Å². The SMILES string of the molecule is CN(C)C(CNc1ccc(S(N)(=O)=O)cc1C(F)(F)F)c1ccc(F)cc1. The van der Waals surface area contributed by atoms with Crippen LogP contribution in [0.15, 0.2) is 47.4 Å². The minimum absolute atomic E-state index is 0.0798. The zero-order valence-corrected chi connectivity index (χ0v) is 15.4. The van der Waals surface area contributed by atoms with Gasteiger partial charge in [-0.2, -0.15) is 13.2 Å². The number of hydrogen-bond acceptors (Lipinski definition) is 4. The number of alkyl halides is 3. The van der Waals surface area contributed by atoms with Crippen molar-refractivity contribution in [1.29, 1.82) is 0 Å². The summed E-state index contributed by atoms with van der Waals surface area (Å²) < 4.78 is 75.8. The summed E-state index contributed by atoms with van der Waals surface area (Å²) in [4.78, 5) is 1.15. The van der Waals surface area contributed by atoms with Gasteiger partial charge in [0, 0.05) is 12.2 Å². The van der Waals surface area contributed by atoms with E-state index in [0.717, 1.165) is 12.1 Å². The Morgan fingerprint density at radius 2 is 1.70 bits per heavy atom. The van der Waals surface area contributed by atoms with E-state index in [1.165, 1.54) is 12.1 Å². The number of halogens is 4. The van der Waals surface area contributed by atoms with Gasteiger partial charge in [-0.25, -0.2) is 17.9 Å². The highest BCUT2D eigenvalue weighted by Crippen LogP contribution is 2.36. The normalized spacial score (nSPS) is 13.6. The molecule has 0 bridgehead atoms. The molecular formula is C17H19F4N3O2S. The fourth-order valence-electron chi connectivity index (χ4n) is 2.58. The van der Waals surface area contributed by atoms with Crippen LogP contribution in [0.3, 0.4) is 0 Å². The van der Waals surface area contributed by atoms with Crippen molar-refractivity contribution in [2.75, 3.05) is 26.0 Å². The Bertz CT molecular complexity index is 897. The minimum Gasteiger partial charge on any atom is -0.383 e. The molecule has 0 spiro atoms. The van der Waals surface area contributed by atoms with Crippen molar-refractivity contribution in [2.24, 2.45) is 5.14 Å². The number of primary sulfonamides is 1. The van der Waals surface area contributed by atoms with Gasteiger partial charge >= 0.3 is 6.18 Å². The molecule has 0 aliphatic heterocycles. The van der Waals surface area contributed by atoms with E-state index in [0.29, 0.717) is 11.6 Å². The summed E-state index contributed by atoms with van der Waals surface area (Å²) in [6.07, 6.45) is -4.77. The number of nitrogens with zero attached hydrogens (tertiary/aromatic N) is 1. The zero-order valence-electron chi connectivity index (χ0n) is 14.6. The van der Waals surface area contributed by atoms with Gasteiger partial charge in [-0.3, -0.25) is 0 Å². The lowest BCUT2D eigenvalue weighted by atomic mass is 10.1. The second-order valence-electron chi connectivity index (χ2n) is 6.16. The molecule has 148 valence electrons. The molecule has 0 fully saturated rings. The maximum atomic E-state index is 13.3. The molecule has 10 heteroatoms. The Kier molecular flexibility index (Phi) is 6.13. The van der Waals surface area contributed by atoms with Crippen LogP contribution < -0.4 is 10.5 Å². The molecule has 2 aromatic carbocycles. The number of anilines is 1. The molecule has 3 N–H and O–H groups in total. The summed E-state index contributed by atoms with van der Waals surface area (Å²) in [5, 5.41) is 7.62. The van der Waals surface area contributed by atoms with Gasteiger partial charge in [0.2, 0.25) is 10.0 Å². The van der Waals surface area contributed by atoms with Gasteiger partial charge in [-0.05, 0) is 50.0 Å². The molecule has 0 saturated carbocycles. The fourth-order valence-corrected chi connectivity index (χ4v) is 3.12. The van der Waals surface area contributed by atoms with E-state index >= 15 is 0 Å². The summed E-state index contributed by atoms with van der Waals surface area (Å²) >= 11 is 0. The van der Waals surface area contributed by atoms with Crippen LogP contribution in [0.5, 0.6) is 0 Å². The van der Waals surface area contributed by atoms with Crippen LogP contribution in [0.1, 0.15) is 17.2 Å². The van der Waals surface area contributed by atoms with Gasteiger partial charge in [0.15, 0.2) is 0 Å². The summed E-state index contributed by atoms with van der Waals surface area (Å²) in [6.45, 7) is 0.0798. The van der Waals surface area contributed by atoms with Crippen LogP contribution in [0.2, 0.25) is 0 Å². The Morgan fingerprint density at radius 3 is 2.19 bits per heavy atom. The Labute approximate surface area is 154 Å². The van der Waals surface area contributed by atoms with Crippen LogP contribution in [0, 0.1) is 5.82 Å². The summed E-state index contributed by atoms with van der Waals surface area (Å²) in [5.41, 5.74) is -0.696. The number of benzene rings is 2. The smallest absolute Gasteiger partial charge is 0.383 e. The van der Waals surface area contributed by atoms with Gasteiger partial charge in [0.05, 0.1) is 16.5 Å². The first kappa shape index (κ1) is 21.1. The van der Waals surface area contributed by atoms with Gasteiger partial charge < -0.3 is 10.2 Å². The molecule has 0 aromatic heterocycles. The van der Waals surface area contributed by atoms with E-state index in [4.69, 9.17) is 5.14 Å². The van der Waals surface area contributed by atoms with E-state index in [2.05, 4.69) is 5.32 Å². The van der Waals surface area contributed by atoms with Crippen molar-refractivity contribution >= 4 is 15.7 Å². The largest absolute Gasteiger partial charge is 0.418 e. The predicted octanol–water partition coefficient (Wildman–Crippen LogP) is 3.21. The van der Waals surface area contributed by atoms with Crippen molar-refractivity contribution in [2.45, 2.75) is 17.1 Å². The lowest BCUT2D eigenvalue weighted by molar-refractivity contribution is -0.137. The standard InChI is InChI=1S/C17H19F4N3O2S/c1-24(2)16(11-3-5-12(18)6-4-11)10-23-15-8-7-13(27(22,25)26)9-14(15)17(19,20)21/h3-9,16,23H,10H2,1-2H3,(H2,22,25,26). The fraction of sp³-hybridized carbons (Fsp3) is 0.294. The summed E-state index contributed by atoms with van der Waals surface area (Å²) in [6, 6.07) is 7.84. The average Bonchev–Trinajstić information content (AvgIpc) is 2.54. The van der Waals surface area contributed by atoms with Crippen LogP contribution >= 0.6 is 0 Å². The first-order chi connectivity index (χ1) is 12.4. The molecule has 1 unspecified atom stereocenters. The number of rotatable bonds is 6. The summed E-state index contributed by atoms with van der Waals surface area (Å²) in [5.74, 6) is -0.415. The zero-order chi connectivity index (χ0) is 20.4. The third kappa shape index (κ3) is 5.41. The minimum atomic E-state index is -4.77. The molecule has 27 heavy (non-hydrogen) atoms.